The van der Waals surface area contributed by atoms with Gasteiger partial charge in [0.25, 0.3) is 5.91 Å². The molecule has 2 amide bonds. The predicted octanol–water partition coefficient (Wildman–Crippen LogP) is 2.06. The summed E-state index contributed by atoms with van der Waals surface area (Å²) in [5, 5.41) is 5.54. The molecule has 1 aromatic rings. The molecule has 0 saturated heterocycles. The van der Waals surface area contributed by atoms with Gasteiger partial charge in [-0.3, -0.25) is 9.59 Å². The molecule has 0 saturated carbocycles. The van der Waals surface area contributed by atoms with Gasteiger partial charge < -0.3 is 15.0 Å². The SMILES string of the molecule is CCOCC(=O)N1C=C(C(=O)NCc2nc(Br)cs2)CCC1. The van der Waals surface area contributed by atoms with Gasteiger partial charge >= 0.3 is 0 Å². The fraction of sp³-hybridized carbons (Fsp3) is 0.500. The van der Waals surface area contributed by atoms with Crippen LogP contribution >= 0.6 is 27.3 Å². The van der Waals surface area contributed by atoms with Gasteiger partial charge in [-0.25, -0.2) is 4.98 Å². The number of rotatable bonds is 6. The fourth-order valence-electron chi connectivity index (χ4n) is 2.04. The number of hydrogen-bond acceptors (Lipinski definition) is 5. The van der Waals surface area contributed by atoms with Gasteiger partial charge in [0, 0.05) is 30.3 Å². The Morgan fingerprint density at radius 2 is 2.36 bits per heavy atom. The quantitative estimate of drug-likeness (QED) is 0.810. The zero-order valence-electron chi connectivity index (χ0n) is 12.3. The molecule has 0 unspecified atom stereocenters. The van der Waals surface area contributed by atoms with Crippen molar-refractivity contribution in [2.45, 2.75) is 26.3 Å². The third-order valence-electron chi connectivity index (χ3n) is 3.12. The lowest BCUT2D eigenvalue weighted by atomic mass is 10.1. The minimum absolute atomic E-state index is 0.0506. The van der Waals surface area contributed by atoms with E-state index in [2.05, 4.69) is 26.2 Å². The van der Waals surface area contributed by atoms with Crippen LogP contribution < -0.4 is 5.32 Å². The predicted molar refractivity (Wildman–Crippen MR) is 87.2 cm³/mol. The van der Waals surface area contributed by atoms with Gasteiger partial charge in [0.2, 0.25) is 5.91 Å². The zero-order valence-corrected chi connectivity index (χ0v) is 14.7. The van der Waals surface area contributed by atoms with E-state index in [-0.39, 0.29) is 18.4 Å². The van der Waals surface area contributed by atoms with Crippen molar-refractivity contribution >= 4 is 39.1 Å². The highest BCUT2D eigenvalue weighted by Crippen LogP contribution is 2.17. The highest BCUT2D eigenvalue weighted by molar-refractivity contribution is 9.10. The molecule has 6 nitrogen and oxygen atoms in total. The topological polar surface area (TPSA) is 71.5 Å². The monoisotopic (exact) mass is 387 g/mol. The summed E-state index contributed by atoms with van der Waals surface area (Å²) in [4.78, 5) is 29.9. The standard InChI is InChI=1S/C14H18BrN3O3S/c1-2-21-8-13(19)18-5-3-4-10(7-18)14(20)16-6-12-17-11(15)9-22-12/h7,9H,2-6,8H2,1H3,(H,16,20). The summed E-state index contributed by atoms with van der Waals surface area (Å²) in [6.45, 7) is 3.41. The van der Waals surface area contributed by atoms with E-state index in [9.17, 15) is 9.59 Å². The number of aromatic nitrogens is 1. The molecule has 0 aromatic carbocycles. The first-order valence-electron chi connectivity index (χ1n) is 7.06. The van der Waals surface area contributed by atoms with E-state index in [1.165, 1.54) is 11.3 Å². The van der Waals surface area contributed by atoms with Crippen molar-refractivity contribution in [1.82, 2.24) is 15.2 Å². The summed E-state index contributed by atoms with van der Waals surface area (Å²) in [5.41, 5.74) is 0.617. The molecule has 0 atom stereocenters. The number of carbonyl (C=O) groups is 2. The molecular formula is C14H18BrN3O3S. The molecule has 22 heavy (non-hydrogen) atoms. The third-order valence-corrected chi connectivity index (χ3v) is 4.68. The Morgan fingerprint density at radius 1 is 1.55 bits per heavy atom. The van der Waals surface area contributed by atoms with Crippen LogP contribution in [-0.4, -0.2) is 41.5 Å². The normalized spacial score (nSPS) is 14.6. The van der Waals surface area contributed by atoms with Crippen LogP contribution in [0.4, 0.5) is 0 Å². The summed E-state index contributed by atoms with van der Waals surface area (Å²) in [6, 6.07) is 0. The van der Waals surface area contributed by atoms with Gasteiger partial charge in [0.15, 0.2) is 0 Å². The number of ether oxygens (including phenoxy) is 1. The third kappa shape index (κ3) is 4.89. The van der Waals surface area contributed by atoms with E-state index < -0.39 is 0 Å². The lowest BCUT2D eigenvalue weighted by Gasteiger charge is -2.24. The average molecular weight is 388 g/mol. The minimum atomic E-state index is -0.153. The molecule has 0 spiro atoms. The summed E-state index contributed by atoms with van der Waals surface area (Å²) < 4.78 is 5.89. The fourth-order valence-corrected chi connectivity index (χ4v) is 3.24. The van der Waals surface area contributed by atoms with Gasteiger partial charge in [-0.1, -0.05) is 0 Å². The molecule has 1 aliphatic rings. The summed E-state index contributed by atoms with van der Waals surface area (Å²) in [7, 11) is 0. The Bertz CT molecular complexity index is 573. The highest BCUT2D eigenvalue weighted by Gasteiger charge is 2.20. The highest BCUT2D eigenvalue weighted by atomic mass is 79.9. The second-order valence-electron chi connectivity index (χ2n) is 4.73. The van der Waals surface area contributed by atoms with Crippen LogP contribution in [0.15, 0.2) is 21.8 Å². The lowest BCUT2D eigenvalue weighted by Crippen LogP contribution is -2.35. The minimum Gasteiger partial charge on any atom is -0.372 e. The van der Waals surface area contributed by atoms with Crippen molar-refractivity contribution in [2.24, 2.45) is 0 Å². The largest absolute Gasteiger partial charge is 0.372 e. The van der Waals surface area contributed by atoms with E-state index in [0.717, 1.165) is 16.0 Å². The Kier molecular flexibility index (Phi) is 6.53. The second kappa shape index (κ2) is 8.40. The van der Waals surface area contributed by atoms with E-state index in [0.29, 0.717) is 31.7 Å². The van der Waals surface area contributed by atoms with Crippen molar-refractivity contribution in [3.8, 4) is 0 Å². The molecule has 1 aromatic heterocycles. The summed E-state index contributed by atoms with van der Waals surface area (Å²) >= 11 is 4.76. The zero-order chi connectivity index (χ0) is 15.9. The molecule has 1 N–H and O–H groups in total. The maximum Gasteiger partial charge on any atom is 0.252 e. The molecule has 2 heterocycles. The van der Waals surface area contributed by atoms with Crippen LogP contribution in [0.3, 0.4) is 0 Å². The van der Waals surface area contributed by atoms with Gasteiger partial charge in [-0.05, 0) is 35.7 Å². The number of carbonyl (C=O) groups excluding carboxylic acids is 2. The molecule has 8 heteroatoms. The number of halogens is 1. The van der Waals surface area contributed by atoms with E-state index in [1.54, 1.807) is 11.1 Å². The van der Waals surface area contributed by atoms with Crippen molar-refractivity contribution in [1.29, 1.82) is 0 Å². The van der Waals surface area contributed by atoms with E-state index >= 15 is 0 Å². The van der Waals surface area contributed by atoms with Crippen molar-refractivity contribution in [3.05, 3.63) is 26.8 Å². The molecule has 1 aliphatic heterocycles. The molecule has 0 radical (unpaired) electrons. The second-order valence-corrected chi connectivity index (χ2v) is 6.48. The van der Waals surface area contributed by atoms with Crippen molar-refractivity contribution in [2.75, 3.05) is 19.8 Å². The molecule has 0 bridgehead atoms. The van der Waals surface area contributed by atoms with Crippen LogP contribution in [0.25, 0.3) is 0 Å². The first kappa shape index (κ1) is 17.1. The van der Waals surface area contributed by atoms with Crippen LogP contribution in [-0.2, 0) is 20.9 Å². The van der Waals surface area contributed by atoms with Crippen LogP contribution in [0.5, 0.6) is 0 Å². The molecule has 0 fully saturated rings. The number of nitrogens with zero attached hydrogens (tertiary/aromatic N) is 2. The number of thiazole rings is 1. The Labute approximate surface area is 141 Å². The van der Waals surface area contributed by atoms with Crippen molar-refractivity contribution < 1.29 is 14.3 Å². The smallest absolute Gasteiger partial charge is 0.252 e. The lowest BCUT2D eigenvalue weighted by molar-refractivity contribution is -0.133. The van der Waals surface area contributed by atoms with Gasteiger partial charge in [-0.2, -0.15) is 0 Å². The van der Waals surface area contributed by atoms with E-state index in [4.69, 9.17) is 4.74 Å². The van der Waals surface area contributed by atoms with Gasteiger partial charge in [0.05, 0.1) is 6.54 Å². The van der Waals surface area contributed by atoms with Crippen molar-refractivity contribution in [3.63, 3.8) is 0 Å². The molecule has 0 aliphatic carbocycles. The van der Waals surface area contributed by atoms with Gasteiger partial charge in [-0.15, -0.1) is 11.3 Å². The maximum atomic E-state index is 12.2. The number of nitrogens with one attached hydrogen (secondary N) is 1. The number of amides is 2. The Balaban J connectivity index is 1.90. The van der Waals surface area contributed by atoms with Crippen LogP contribution in [0.2, 0.25) is 0 Å². The van der Waals surface area contributed by atoms with E-state index in [1.807, 2.05) is 12.3 Å². The molecule has 120 valence electrons. The summed E-state index contributed by atoms with van der Waals surface area (Å²) in [6.07, 6.45) is 3.09. The van der Waals surface area contributed by atoms with Crippen LogP contribution in [0, 0.1) is 0 Å². The Hall–Kier alpha value is -1.25. The Morgan fingerprint density at radius 3 is 3.05 bits per heavy atom. The first-order valence-corrected chi connectivity index (χ1v) is 8.73. The summed E-state index contributed by atoms with van der Waals surface area (Å²) in [5.74, 6) is -0.268. The number of hydrogen-bond donors (Lipinski definition) is 1. The first-order chi connectivity index (χ1) is 10.6. The molecular weight excluding hydrogens is 370 g/mol. The van der Waals surface area contributed by atoms with Gasteiger partial charge in [0.1, 0.15) is 16.2 Å². The average Bonchev–Trinajstić information content (AvgIpc) is 2.96. The molecule has 2 rings (SSSR count). The van der Waals surface area contributed by atoms with Crippen LogP contribution in [0.1, 0.15) is 24.8 Å². The maximum absolute atomic E-state index is 12.2.